The van der Waals surface area contributed by atoms with E-state index in [9.17, 15) is 4.79 Å². The number of hydrogen-bond donors (Lipinski definition) is 1. The summed E-state index contributed by atoms with van der Waals surface area (Å²) in [5.41, 5.74) is 3.23. The first-order valence-electron chi connectivity index (χ1n) is 9.44. The molecule has 0 saturated carbocycles. The molecule has 1 aromatic rings. The van der Waals surface area contributed by atoms with E-state index in [4.69, 9.17) is 4.74 Å². The van der Waals surface area contributed by atoms with Crippen molar-refractivity contribution < 1.29 is 9.53 Å². The van der Waals surface area contributed by atoms with Crippen molar-refractivity contribution in [1.29, 1.82) is 0 Å². The van der Waals surface area contributed by atoms with Gasteiger partial charge in [0.15, 0.2) is 0 Å². The summed E-state index contributed by atoms with van der Waals surface area (Å²) >= 11 is 0. The van der Waals surface area contributed by atoms with Crippen LogP contribution < -0.4 is 15.1 Å². The van der Waals surface area contributed by atoms with E-state index in [0.29, 0.717) is 6.42 Å². The molecule has 1 N–H and O–H groups in total. The third-order valence-corrected chi connectivity index (χ3v) is 4.77. The maximum atomic E-state index is 12.5. The van der Waals surface area contributed by atoms with E-state index in [1.165, 1.54) is 18.5 Å². The third-order valence-electron chi connectivity index (χ3n) is 4.77. The molecule has 0 radical (unpaired) electrons. The Balaban J connectivity index is 1.84. The fourth-order valence-electron chi connectivity index (χ4n) is 3.55. The summed E-state index contributed by atoms with van der Waals surface area (Å²) in [5, 5.41) is 3.18. The maximum Gasteiger partial charge on any atom is 0.224 e. The van der Waals surface area contributed by atoms with Gasteiger partial charge in [-0.3, -0.25) is 4.79 Å². The number of nitrogens with one attached hydrogen (secondary N) is 1. The van der Waals surface area contributed by atoms with Gasteiger partial charge in [0.05, 0.1) is 24.6 Å². The highest BCUT2D eigenvalue weighted by molar-refractivity contribution is 5.95. The highest BCUT2D eigenvalue weighted by atomic mass is 16.5. The molecule has 2 aliphatic rings. The average Bonchev–Trinajstić information content (AvgIpc) is 3.08. The minimum Gasteiger partial charge on any atom is -0.378 e. The van der Waals surface area contributed by atoms with Crippen LogP contribution in [0.5, 0.6) is 0 Å². The first-order valence-corrected chi connectivity index (χ1v) is 9.44. The van der Waals surface area contributed by atoms with E-state index in [2.05, 4.69) is 54.1 Å². The molecule has 1 amide bonds. The van der Waals surface area contributed by atoms with Crippen molar-refractivity contribution >= 4 is 23.0 Å². The normalized spacial score (nSPS) is 18.5. The lowest BCUT2D eigenvalue weighted by Gasteiger charge is -2.31. The van der Waals surface area contributed by atoms with Crippen LogP contribution in [0.15, 0.2) is 18.2 Å². The van der Waals surface area contributed by atoms with E-state index < -0.39 is 0 Å². The van der Waals surface area contributed by atoms with Crippen molar-refractivity contribution in [1.82, 2.24) is 0 Å². The van der Waals surface area contributed by atoms with Gasteiger partial charge in [-0.2, -0.15) is 0 Å². The van der Waals surface area contributed by atoms with Crippen LogP contribution in [0.4, 0.5) is 17.1 Å². The van der Waals surface area contributed by atoms with Gasteiger partial charge in [-0.25, -0.2) is 0 Å². The van der Waals surface area contributed by atoms with Gasteiger partial charge in [-0.05, 0) is 36.5 Å². The molecule has 25 heavy (non-hydrogen) atoms. The van der Waals surface area contributed by atoms with E-state index >= 15 is 0 Å². The topological polar surface area (TPSA) is 44.8 Å². The Morgan fingerprint density at radius 3 is 2.40 bits per heavy atom. The number of nitrogens with zero attached hydrogens (tertiary/aromatic N) is 2. The lowest BCUT2D eigenvalue weighted by Crippen LogP contribution is -2.37. The average molecular weight is 345 g/mol. The molecule has 0 unspecified atom stereocenters. The molecule has 1 aromatic carbocycles. The number of amides is 1. The van der Waals surface area contributed by atoms with Gasteiger partial charge in [0.2, 0.25) is 5.91 Å². The molecular weight excluding hydrogens is 314 g/mol. The van der Waals surface area contributed by atoms with Crippen molar-refractivity contribution in [2.75, 3.05) is 54.5 Å². The van der Waals surface area contributed by atoms with Crippen molar-refractivity contribution in [3.8, 4) is 0 Å². The first-order chi connectivity index (χ1) is 11.9. The summed E-state index contributed by atoms with van der Waals surface area (Å²) in [6.45, 7) is 11.7. The maximum absolute atomic E-state index is 12.5. The Hall–Kier alpha value is -1.75. The monoisotopic (exact) mass is 345 g/mol. The van der Waals surface area contributed by atoms with Crippen molar-refractivity contribution in [2.45, 2.75) is 40.0 Å². The Morgan fingerprint density at radius 2 is 1.76 bits per heavy atom. The van der Waals surface area contributed by atoms with Crippen LogP contribution in [0.3, 0.4) is 0 Å². The summed E-state index contributed by atoms with van der Waals surface area (Å²) < 4.78 is 5.48. The number of carbonyl (C=O) groups excluding carboxylic acids is 1. The minimum atomic E-state index is -0.0181. The van der Waals surface area contributed by atoms with Gasteiger partial charge >= 0.3 is 0 Å². The summed E-state index contributed by atoms with van der Waals surface area (Å²) in [6.07, 6.45) is 3.01. The van der Waals surface area contributed by atoms with Gasteiger partial charge < -0.3 is 19.9 Å². The van der Waals surface area contributed by atoms with Crippen LogP contribution in [-0.4, -0.2) is 45.3 Å². The number of benzene rings is 1. The zero-order valence-corrected chi connectivity index (χ0v) is 15.8. The highest BCUT2D eigenvalue weighted by Crippen LogP contribution is 2.33. The summed E-state index contributed by atoms with van der Waals surface area (Å²) in [6, 6.07) is 6.50. The summed E-state index contributed by atoms with van der Waals surface area (Å²) in [4.78, 5) is 17.2. The lowest BCUT2D eigenvalue weighted by atomic mass is 9.92. The molecule has 2 aliphatic heterocycles. The number of anilines is 3. The molecule has 5 nitrogen and oxygen atoms in total. The minimum absolute atomic E-state index is 0.0181. The van der Waals surface area contributed by atoms with Gasteiger partial charge in [0.1, 0.15) is 0 Å². The van der Waals surface area contributed by atoms with E-state index in [0.717, 1.165) is 50.8 Å². The van der Waals surface area contributed by atoms with E-state index in [1.807, 2.05) is 0 Å². The molecule has 0 atom stereocenters. The zero-order chi connectivity index (χ0) is 17.9. The zero-order valence-electron chi connectivity index (χ0n) is 15.8. The Morgan fingerprint density at radius 1 is 1.08 bits per heavy atom. The molecular formula is C20H31N3O2. The largest absolute Gasteiger partial charge is 0.378 e. The Kier molecular flexibility index (Phi) is 5.52. The summed E-state index contributed by atoms with van der Waals surface area (Å²) in [5.74, 6) is 0.0839. The SMILES string of the molecule is CC(C)(C)CC(=O)Nc1cc(N2CCCC2)ccc1N1CCOCC1. The third kappa shape index (κ3) is 4.88. The predicted molar refractivity (Wildman–Crippen MR) is 104 cm³/mol. The van der Waals surface area contributed by atoms with Gasteiger partial charge in [-0.1, -0.05) is 20.8 Å². The van der Waals surface area contributed by atoms with Crippen LogP contribution in [0, 0.1) is 5.41 Å². The number of hydrogen-bond acceptors (Lipinski definition) is 4. The van der Waals surface area contributed by atoms with Crippen LogP contribution in [0.25, 0.3) is 0 Å². The van der Waals surface area contributed by atoms with Crippen LogP contribution in [0.1, 0.15) is 40.0 Å². The number of rotatable bonds is 4. The Labute approximate surface area is 151 Å². The molecule has 3 rings (SSSR count). The second-order valence-corrected chi connectivity index (χ2v) is 8.28. The van der Waals surface area contributed by atoms with Gasteiger partial charge in [0, 0.05) is 38.3 Å². The van der Waals surface area contributed by atoms with Gasteiger partial charge in [-0.15, -0.1) is 0 Å². The van der Waals surface area contributed by atoms with Crippen LogP contribution in [0.2, 0.25) is 0 Å². The summed E-state index contributed by atoms with van der Waals surface area (Å²) in [7, 11) is 0. The fourth-order valence-corrected chi connectivity index (χ4v) is 3.55. The molecule has 2 fully saturated rings. The van der Waals surface area contributed by atoms with E-state index in [-0.39, 0.29) is 11.3 Å². The molecule has 138 valence electrons. The molecule has 0 spiro atoms. The molecule has 0 aromatic heterocycles. The van der Waals surface area contributed by atoms with Crippen molar-refractivity contribution in [3.05, 3.63) is 18.2 Å². The predicted octanol–water partition coefficient (Wildman–Crippen LogP) is 3.50. The standard InChI is InChI=1S/C20H31N3O2/c1-20(2,3)15-19(24)21-17-14-16(22-8-4-5-9-22)6-7-18(17)23-10-12-25-13-11-23/h6-7,14H,4-5,8-13,15H2,1-3H3,(H,21,24). The molecule has 5 heteroatoms. The second kappa shape index (κ2) is 7.65. The lowest BCUT2D eigenvalue weighted by molar-refractivity contribution is -0.117. The quantitative estimate of drug-likeness (QED) is 0.907. The van der Waals surface area contributed by atoms with E-state index in [1.54, 1.807) is 0 Å². The van der Waals surface area contributed by atoms with Crippen molar-refractivity contribution in [2.24, 2.45) is 5.41 Å². The molecule has 0 bridgehead atoms. The van der Waals surface area contributed by atoms with Crippen LogP contribution in [-0.2, 0) is 9.53 Å². The molecule has 0 aliphatic carbocycles. The Bertz CT molecular complexity index is 597. The highest BCUT2D eigenvalue weighted by Gasteiger charge is 2.21. The number of morpholine rings is 1. The van der Waals surface area contributed by atoms with Crippen LogP contribution >= 0.6 is 0 Å². The van der Waals surface area contributed by atoms with Gasteiger partial charge in [0.25, 0.3) is 0 Å². The molecule has 2 heterocycles. The molecule has 2 saturated heterocycles. The second-order valence-electron chi connectivity index (χ2n) is 8.28. The number of carbonyl (C=O) groups is 1. The number of ether oxygens (including phenoxy) is 1. The van der Waals surface area contributed by atoms with Crippen molar-refractivity contribution in [3.63, 3.8) is 0 Å². The smallest absolute Gasteiger partial charge is 0.224 e. The fraction of sp³-hybridized carbons (Fsp3) is 0.650. The first kappa shape index (κ1) is 18.1.